The Morgan fingerprint density at radius 2 is 1.84 bits per heavy atom. The molecule has 0 spiro atoms. The van der Waals surface area contributed by atoms with Crippen molar-refractivity contribution in [1.82, 2.24) is 0 Å². The third-order valence-electron chi connectivity index (χ3n) is 5.30. The van der Waals surface area contributed by atoms with Gasteiger partial charge in [-0.2, -0.15) is 11.8 Å². The van der Waals surface area contributed by atoms with Gasteiger partial charge in [0, 0.05) is 17.1 Å². The maximum Gasteiger partial charge on any atom is 0.303 e. The van der Waals surface area contributed by atoms with Crippen LogP contribution in [0.1, 0.15) is 38.5 Å². The number of thioether (sulfide) groups is 2. The smallest absolute Gasteiger partial charge is 0.303 e. The van der Waals surface area contributed by atoms with Gasteiger partial charge in [0.1, 0.15) is 0 Å². The molecule has 4 atom stereocenters. The van der Waals surface area contributed by atoms with E-state index in [0.29, 0.717) is 30.5 Å². The Kier molecular flexibility index (Phi) is 7.56. The minimum absolute atomic E-state index is 0.305. The van der Waals surface area contributed by atoms with Gasteiger partial charge in [-0.1, -0.05) is 18.2 Å². The van der Waals surface area contributed by atoms with Crippen molar-refractivity contribution in [3.8, 4) is 0 Å². The number of carboxylic acid groups (broad SMARTS) is 1. The SMILES string of the molecule is O=C(O)CCCCSCC[C@@H]1[C@H](CSc2ccccc2)[C@@H]2CC[C@H]1O2. The lowest BCUT2D eigenvalue weighted by atomic mass is 9.79. The van der Waals surface area contributed by atoms with Crippen LogP contribution in [0.3, 0.4) is 0 Å². The van der Waals surface area contributed by atoms with Crippen molar-refractivity contribution in [2.24, 2.45) is 11.8 Å². The number of aliphatic carboxylic acids is 1. The summed E-state index contributed by atoms with van der Waals surface area (Å²) in [6.45, 7) is 0. The minimum Gasteiger partial charge on any atom is -0.481 e. The molecule has 1 aromatic rings. The first kappa shape index (κ1) is 19.1. The molecule has 138 valence electrons. The summed E-state index contributed by atoms with van der Waals surface area (Å²) in [4.78, 5) is 11.9. The van der Waals surface area contributed by atoms with Crippen LogP contribution in [0.4, 0.5) is 0 Å². The molecule has 2 aliphatic rings. The van der Waals surface area contributed by atoms with Crippen LogP contribution >= 0.6 is 23.5 Å². The van der Waals surface area contributed by atoms with Crippen molar-refractivity contribution in [3.63, 3.8) is 0 Å². The lowest BCUT2D eigenvalue weighted by molar-refractivity contribution is -0.137. The molecule has 0 aliphatic carbocycles. The summed E-state index contributed by atoms with van der Waals surface area (Å²) in [5.74, 6) is 4.15. The van der Waals surface area contributed by atoms with Gasteiger partial charge in [-0.25, -0.2) is 0 Å². The predicted octanol–water partition coefficient (Wildman–Crippen LogP) is 4.95. The first-order valence-electron chi connectivity index (χ1n) is 9.37. The van der Waals surface area contributed by atoms with Crippen LogP contribution in [0.2, 0.25) is 0 Å². The van der Waals surface area contributed by atoms with Gasteiger partial charge in [-0.05, 0) is 67.6 Å². The Morgan fingerprint density at radius 1 is 1.08 bits per heavy atom. The summed E-state index contributed by atoms with van der Waals surface area (Å²) < 4.78 is 6.22. The molecule has 0 aromatic heterocycles. The molecule has 2 saturated heterocycles. The number of hydrogen-bond acceptors (Lipinski definition) is 4. The van der Waals surface area contributed by atoms with E-state index in [1.165, 1.54) is 35.7 Å². The Balaban J connectivity index is 1.38. The molecule has 2 bridgehead atoms. The van der Waals surface area contributed by atoms with Gasteiger partial charge < -0.3 is 9.84 Å². The third kappa shape index (κ3) is 5.66. The number of rotatable bonds is 11. The van der Waals surface area contributed by atoms with Crippen molar-refractivity contribution in [3.05, 3.63) is 30.3 Å². The second kappa shape index (κ2) is 9.89. The van der Waals surface area contributed by atoms with E-state index in [2.05, 4.69) is 30.3 Å². The molecule has 0 amide bonds. The number of unbranched alkanes of at least 4 members (excludes halogenated alkanes) is 1. The highest BCUT2D eigenvalue weighted by molar-refractivity contribution is 7.99. The van der Waals surface area contributed by atoms with Crippen LogP contribution < -0.4 is 0 Å². The van der Waals surface area contributed by atoms with E-state index in [9.17, 15) is 4.79 Å². The number of hydrogen-bond donors (Lipinski definition) is 1. The molecule has 2 heterocycles. The molecule has 2 aliphatic heterocycles. The molecule has 1 aromatic carbocycles. The van der Waals surface area contributed by atoms with Gasteiger partial charge >= 0.3 is 5.97 Å². The van der Waals surface area contributed by atoms with E-state index in [-0.39, 0.29) is 0 Å². The van der Waals surface area contributed by atoms with Gasteiger partial charge in [0.15, 0.2) is 0 Å². The fourth-order valence-electron chi connectivity index (χ4n) is 4.01. The van der Waals surface area contributed by atoms with Crippen LogP contribution in [0, 0.1) is 11.8 Å². The van der Waals surface area contributed by atoms with E-state index < -0.39 is 5.97 Å². The van der Waals surface area contributed by atoms with Crippen LogP contribution in [0.25, 0.3) is 0 Å². The molecule has 0 unspecified atom stereocenters. The second-order valence-corrected chi connectivity index (χ2v) is 9.31. The van der Waals surface area contributed by atoms with Crippen molar-refractivity contribution in [1.29, 1.82) is 0 Å². The standard InChI is InChI=1S/C20H28O3S2/c21-20(22)8-4-5-12-24-13-11-16-17(19-10-9-18(16)23-19)14-25-15-6-2-1-3-7-15/h1-3,6-7,16-19H,4-5,8-14H2,(H,21,22)/t16-,17+,18-,19+/m1/s1. The number of carbonyl (C=O) groups is 1. The highest BCUT2D eigenvalue weighted by atomic mass is 32.2. The number of ether oxygens (including phenoxy) is 1. The summed E-state index contributed by atoms with van der Waals surface area (Å²) in [7, 11) is 0. The Labute approximate surface area is 159 Å². The molecular formula is C20H28O3S2. The lowest BCUT2D eigenvalue weighted by Crippen LogP contribution is -2.29. The molecule has 2 fully saturated rings. The average molecular weight is 381 g/mol. The first-order valence-corrected chi connectivity index (χ1v) is 11.5. The van der Waals surface area contributed by atoms with E-state index in [1.54, 1.807) is 0 Å². The van der Waals surface area contributed by atoms with Crippen LogP contribution in [0.15, 0.2) is 35.2 Å². The molecule has 25 heavy (non-hydrogen) atoms. The van der Waals surface area contributed by atoms with E-state index in [1.807, 2.05) is 23.5 Å². The molecule has 5 heteroatoms. The second-order valence-electron chi connectivity index (χ2n) is 6.99. The minimum atomic E-state index is -0.678. The fraction of sp³-hybridized carbons (Fsp3) is 0.650. The van der Waals surface area contributed by atoms with Gasteiger partial charge in [0.2, 0.25) is 0 Å². The van der Waals surface area contributed by atoms with Crippen LogP contribution in [-0.2, 0) is 9.53 Å². The Morgan fingerprint density at radius 3 is 2.60 bits per heavy atom. The highest BCUT2D eigenvalue weighted by Crippen LogP contribution is 2.47. The summed E-state index contributed by atoms with van der Waals surface area (Å²) in [5, 5.41) is 8.66. The number of fused-ring (bicyclic) bond motifs is 2. The van der Waals surface area contributed by atoms with Crippen LogP contribution in [0.5, 0.6) is 0 Å². The molecular weight excluding hydrogens is 352 g/mol. The normalized spacial score (nSPS) is 27.7. The lowest BCUT2D eigenvalue weighted by Gasteiger charge is -2.27. The Bertz CT molecular complexity index is 537. The maximum atomic E-state index is 10.5. The van der Waals surface area contributed by atoms with Crippen molar-refractivity contribution >= 4 is 29.5 Å². The Hall–Kier alpha value is -0.650. The largest absolute Gasteiger partial charge is 0.481 e. The van der Waals surface area contributed by atoms with E-state index >= 15 is 0 Å². The van der Waals surface area contributed by atoms with Crippen LogP contribution in [-0.4, -0.2) is 40.5 Å². The number of carboxylic acids is 1. The summed E-state index contributed by atoms with van der Waals surface area (Å²) in [6, 6.07) is 10.7. The molecule has 1 N–H and O–H groups in total. The van der Waals surface area contributed by atoms with Crippen molar-refractivity contribution in [2.45, 2.75) is 55.6 Å². The quantitative estimate of drug-likeness (QED) is 0.435. The summed E-state index contributed by atoms with van der Waals surface area (Å²) in [5.41, 5.74) is 0. The van der Waals surface area contributed by atoms with Gasteiger partial charge in [0.05, 0.1) is 12.2 Å². The first-order chi connectivity index (χ1) is 12.2. The van der Waals surface area contributed by atoms with Gasteiger partial charge in [-0.15, -0.1) is 11.8 Å². The summed E-state index contributed by atoms with van der Waals surface area (Å²) >= 11 is 3.95. The monoisotopic (exact) mass is 380 g/mol. The van der Waals surface area contributed by atoms with E-state index in [4.69, 9.17) is 9.84 Å². The van der Waals surface area contributed by atoms with Crippen molar-refractivity contribution < 1.29 is 14.6 Å². The maximum absolute atomic E-state index is 10.5. The zero-order valence-electron chi connectivity index (χ0n) is 14.6. The topological polar surface area (TPSA) is 46.5 Å². The molecule has 0 saturated carbocycles. The zero-order valence-corrected chi connectivity index (χ0v) is 16.3. The van der Waals surface area contributed by atoms with Crippen molar-refractivity contribution in [2.75, 3.05) is 17.3 Å². The van der Waals surface area contributed by atoms with Gasteiger partial charge in [0.25, 0.3) is 0 Å². The fourth-order valence-corrected chi connectivity index (χ4v) is 6.26. The summed E-state index contributed by atoms with van der Waals surface area (Å²) in [6.07, 6.45) is 6.80. The predicted molar refractivity (Wildman–Crippen MR) is 105 cm³/mol. The average Bonchev–Trinajstić information content (AvgIpc) is 3.21. The number of benzene rings is 1. The molecule has 0 radical (unpaired) electrons. The zero-order chi connectivity index (χ0) is 17.5. The third-order valence-corrected chi connectivity index (χ3v) is 7.56. The van der Waals surface area contributed by atoms with Gasteiger partial charge in [-0.3, -0.25) is 4.79 Å². The van der Waals surface area contributed by atoms with E-state index in [0.717, 1.165) is 18.6 Å². The molecule has 3 nitrogen and oxygen atoms in total. The highest BCUT2D eigenvalue weighted by Gasteiger charge is 2.47. The molecule has 3 rings (SSSR count).